The minimum absolute atomic E-state index is 0.183. The molecule has 2 aromatic rings. The Morgan fingerprint density at radius 1 is 1.08 bits per heavy atom. The molecule has 4 nitrogen and oxygen atoms in total. The van der Waals surface area contributed by atoms with Gasteiger partial charge in [-0.25, -0.2) is 4.39 Å². The van der Waals surface area contributed by atoms with E-state index < -0.39 is 0 Å². The van der Waals surface area contributed by atoms with Crippen LogP contribution in [0.1, 0.15) is 22.7 Å². The summed E-state index contributed by atoms with van der Waals surface area (Å²) in [7, 11) is 0. The minimum Gasteiger partial charge on any atom is -0.379 e. The zero-order valence-corrected chi connectivity index (χ0v) is 14.1. The summed E-state index contributed by atoms with van der Waals surface area (Å²) in [6.45, 7) is 4.71. The third-order valence-corrected chi connectivity index (χ3v) is 4.49. The first-order chi connectivity index (χ1) is 12.3. The highest BCUT2D eigenvalue weighted by Crippen LogP contribution is 2.22. The number of hydrogen-bond acceptors (Lipinski definition) is 4. The number of halogens is 1. The van der Waals surface area contributed by atoms with Gasteiger partial charge in [-0.1, -0.05) is 24.3 Å². The highest BCUT2D eigenvalue weighted by molar-refractivity contribution is 5.31. The van der Waals surface area contributed by atoms with Gasteiger partial charge in [-0.2, -0.15) is 5.26 Å². The van der Waals surface area contributed by atoms with E-state index in [4.69, 9.17) is 10.00 Å². The quantitative estimate of drug-likeness (QED) is 0.879. The largest absolute Gasteiger partial charge is 0.379 e. The summed E-state index contributed by atoms with van der Waals surface area (Å²) in [5.74, 6) is -0.213. The summed E-state index contributed by atoms with van der Waals surface area (Å²) in [5, 5.41) is 12.3. The number of morpholine rings is 1. The van der Waals surface area contributed by atoms with Crippen LogP contribution in [0, 0.1) is 17.1 Å². The van der Waals surface area contributed by atoms with E-state index in [0.717, 1.165) is 50.5 Å². The Labute approximate surface area is 147 Å². The molecule has 130 valence electrons. The lowest BCUT2D eigenvalue weighted by atomic mass is 10.0. The van der Waals surface area contributed by atoms with E-state index in [1.54, 1.807) is 0 Å². The van der Waals surface area contributed by atoms with Crippen LogP contribution in [0.3, 0.4) is 0 Å². The lowest BCUT2D eigenvalue weighted by molar-refractivity contribution is 0.0161. The predicted molar refractivity (Wildman–Crippen MR) is 94.4 cm³/mol. The zero-order valence-electron chi connectivity index (χ0n) is 14.1. The molecule has 3 rings (SSSR count). The van der Waals surface area contributed by atoms with Crippen molar-refractivity contribution in [1.29, 1.82) is 5.26 Å². The molecule has 0 radical (unpaired) electrons. The smallest absolute Gasteiger partial charge is 0.123 e. The molecule has 0 amide bonds. The molecule has 1 N–H and O–H groups in total. The minimum atomic E-state index is -0.213. The van der Waals surface area contributed by atoms with Gasteiger partial charge in [-0.3, -0.25) is 4.90 Å². The first-order valence-electron chi connectivity index (χ1n) is 8.53. The Balaban J connectivity index is 1.64. The van der Waals surface area contributed by atoms with Gasteiger partial charge < -0.3 is 10.1 Å². The predicted octanol–water partition coefficient (Wildman–Crippen LogP) is 2.86. The molecule has 0 bridgehead atoms. The number of nitrogens with one attached hydrogen (secondary N) is 1. The Bertz CT molecular complexity index is 703. The van der Waals surface area contributed by atoms with Crippen LogP contribution in [-0.2, 0) is 11.3 Å². The molecule has 0 aliphatic carbocycles. The molecule has 0 unspecified atom stereocenters. The van der Waals surface area contributed by atoms with E-state index in [1.165, 1.54) is 12.1 Å². The van der Waals surface area contributed by atoms with Crippen LogP contribution >= 0.6 is 0 Å². The Morgan fingerprint density at radius 3 is 2.40 bits per heavy atom. The van der Waals surface area contributed by atoms with Crippen LogP contribution in [0.25, 0.3) is 0 Å². The molecule has 1 atom stereocenters. The van der Waals surface area contributed by atoms with Crippen molar-refractivity contribution in [1.82, 2.24) is 10.2 Å². The number of benzene rings is 2. The van der Waals surface area contributed by atoms with Crippen LogP contribution in [-0.4, -0.2) is 37.7 Å². The summed E-state index contributed by atoms with van der Waals surface area (Å²) in [5.41, 5.74) is 2.91. The molecule has 0 spiro atoms. The van der Waals surface area contributed by atoms with Crippen molar-refractivity contribution in [3.05, 3.63) is 71.0 Å². The molecular formula is C20H22FN3O. The maximum atomic E-state index is 13.3. The van der Waals surface area contributed by atoms with E-state index in [-0.39, 0.29) is 11.9 Å². The van der Waals surface area contributed by atoms with Gasteiger partial charge in [0.1, 0.15) is 5.82 Å². The highest BCUT2D eigenvalue weighted by Gasteiger charge is 2.22. The SMILES string of the molecule is N#Cc1ccc(CNC[C@H](c2ccc(F)cc2)N2CCOCC2)cc1. The molecule has 1 fully saturated rings. The van der Waals surface area contributed by atoms with Gasteiger partial charge in [0, 0.05) is 32.2 Å². The topological polar surface area (TPSA) is 48.3 Å². The molecule has 0 aromatic heterocycles. The number of hydrogen-bond donors (Lipinski definition) is 1. The number of ether oxygens (including phenoxy) is 1. The van der Waals surface area contributed by atoms with Crippen molar-refractivity contribution in [3.63, 3.8) is 0 Å². The van der Waals surface area contributed by atoms with Crippen molar-refractivity contribution in [2.24, 2.45) is 0 Å². The summed E-state index contributed by atoms with van der Waals surface area (Å²) in [4.78, 5) is 2.38. The van der Waals surface area contributed by atoms with E-state index in [2.05, 4.69) is 16.3 Å². The number of rotatable bonds is 6. The molecule has 2 aromatic carbocycles. The molecular weight excluding hydrogens is 317 g/mol. The molecule has 1 saturated heterocycles. The third kappa shape index (κ3) is 4.86. The number of nitriles is 1. The molecule has 1 aliphatic rings. The Morgan fingerprint density at radius 2 is 1.76 bits per heavy atom. The Hall–Kier alpha value is -2.26. The van der Waals surface area contributed by atoms with Crippen LogP contribution in [0.5, 0.6) is 0 Å². The van der Waals surface area contributed by atoms with Gasteiger partial charge in [0.05, 0.1) is 24.8 Å². The third-order valence-electron chi connectivity index (χ3n) is 4.49. The van der Waals surface area contributed by atoms with E-state index in [0.29, 0.717) is 5.56 Å². The average molecular weight is 339 g/mol. The van der Waals surface area contributed by atoms with Crippen molar-refractivity contribution in [2.75, 3.05) is 32.8 Å². The maximum absolute atomic E-state index is 13.3. The second-order valence-electron chi connectivity index (χ2n) is 6.16. The van der Waals surface area contributed by atoms with Gasteiger partial charge in [-0.05, 0) is 35.4 Å². The average Bonchev–Trinajstić information content (AvgIpc) is 2.67. The molecule has 1 heterocycles. The normalized spacial score (nSPS) is 16.3. The van der Waals surface area contributed by atoms with Crippen LogP contribution in [0.15, 0.2) is 48.5 Å². The van der Waals surface area contributed by atoms with E-state index >= 15 is 0 Å². The summed E-state index contributed by atoms with van der Waals surface area (Å²) < 4.78 is 18.7. The van der Waals surface area contributed by atoms with Gasteiger partial charge in [0.2, 0.25) is 0 Å². The van der Waals surface area contributed by atoms with Gasteiger partial charge in [0.15, 0.2) is 0 Å². The first kappa shape index (κ1) is 17.6. The summed E-state index contributed by atoms with van der Waals surface area (Å²) >= 11 is 0. The van der Waals surface area contributed by atoms with Crippen molar-refractivity contribution in [3.8, 4) is 6.07 Å². The summed E-state index contributed by atoms with van der Waals surface area (Å²) in [6.07, 6.45) is 0. The lowest BCUT2D eigenvalue weighted by Crippen LogP contribution is -2.42. The second-order valence-corrected chi connectivity index (χ2v) is 6.16. The molecule has 1 aliphatic heterocycles. The summed E-state index contributed by atoms with van der Waals surface area (Å²) in [6, 6.07) is 16.7. The molecule has 0 saturated carbocycles. The fourth-order valence-corrected chi connectivity index (χ4v) is 3.08. The molecule has 5 heteroatoms. The van der Waals surface area contributed by atoms with Gasteiger partial charge in [-0.15, -0.1) is 0 Å². The van der Waals surface area contributed by atoms with E-state index in [9.17, 15) is 4.39 Å². The fourth-order valence-electron chi connectivity index (χ4n) is 3.08. The lowest BCUT2D eigenvalue weighted by Gasteiger charge is -2.35. The Kier molecular flexibility index (Phi) is 6.13. The standard InChI is InChI=1S/C20H22FN3O/c21-19-7-5-18(6-8-19)20(24-9-11-25-12-10-24)15-23-14-17-3-1-16(13-22)2-4-17/h1-8,20,23H,9-12,14-15H2/t20-/m1/s1. The zero-order chi connectivity index (χ0) is 17.5. The maximum Gasteiger partial charge on any atom is 0.123 e. The van der Waals surface area contributed by atoms with Crippen molar-refractivity contribution >= 4 is 0 Å². The number of nitrogens with zero attached hydrogens (tertiary/aromatic N) is 2. The van der Waals surface area contributed by atoms with E-state index in [1.807, 2.05) is 36.4 Å². The fraction of sp³-hybridized carbons (Fsp3) is 0.350. The van der Waals surface area contributed by atoms with Crippen LogP contribution in [0.2, 0.25) is 0 Å². The van der Waals surface area contributed by atoms with Gasteiger partial charge in [0.25, 0.3) is 0 Å². The van der Waals surface area contributed by atoms with Crippen molar-refractivity contribution < 1.29 is 9.13 Å². The van der Waals surface area contributed by atoms with Crippen LogP contribution < -0.4 is 5.32 Å². The van der Waals surface area contributed by atoms with Crippen molar-refractivity contribution in [2.45, 2.75) is 12.6 Å². The monoisotopic (exact) mass is 339 g/mol. The first-order valence-corrected chi connectivity index (χ1v) is 8.53. The van der Waals surface area contributed by atoms with Gasteiger partial charge >= 0.3 is 0 Å². The van der Waals surface area contributed by atoms with Crippen LogP contribution in [0.4, 0.5) is 4.39 Å². The second kappa shape index (κ2) is 8.72. The highest BCUT2D eigenvalue weighted by atomic mass is 19.1. The molecule has 25 heavy (non-hydrogen) atoms.